The summed E-state index contributed by atoms with van der Waals surface area (Å²) in [4.78, 5) is 0. The number of hydrogen-bond acceptors (Lipinski definition) is 10. The van der Waals surface area contributed by atoms with Gasteiger partial charge in [0.1, 0.15) is 13.6 Å². The molecule has 0 aliphatic carbocycles. The maximum atomic E-state index is 6.26. The zero-order valence-corrected chi connectivity index (χ0v) is 49.1. The van der Waals surface area contributed by atoms with Crippen LogP contribution in [0.25, 0.3) is 0 Å². The van der Waals surface area contributed by atoms with E-state index >= 15 is 0 Å². The highest BCUT2D eigenvalue weighted by Crippen LogP contribution is 2.43. The highest BCUT2D eigenvalue weighted by atomic mass is 33.7. The van der Waals surface area contributed by atoms with E-state index in [4.69, 9.17) is 18.9 Å². The molecule has 2 aliphatic heterocycles. The fraction of sp³-hybridized carbons (Fsp3) is 1.00. The number of hydrogen-bond donors (Lipinski definition) is 0. The van der Waals surface area contributed by atoms with Crippen LogP contribution in [0.2, 0.25) is 12.1 Å². The Morgan fingerprint density at radius 1 is 0.453 bits per heavy atom. The molecular formula is C52H108N2O4S4Si2. The smallest absolute Gasteiger partial charge is 0.147 e. The molecule has 0 aromatic carbocycles. The quantitative estimate of drug-likeness (QED) is 0.0255. The third kappa shape index (κ3) is 38.4. The molecule has 6 nitrogen and oxygen atoms in total. The molecule has 2 rings (SSSR count). The molecule has 2 fully saturated rings. The van der Waals surface area contributed by atoms with Crippen molar-refractivity contribution in [2.45, 2.75) is 282 Å². The Balaban J connectivity index is 1.38. The largest absolute Gasteiger partial charge is 0.355 e. The summed E-state index contributed by atoms with van der Waals surface area (Å²) < 4.78 is 30.1. The van der Waals surface area contributed by atoms with E-state index in [0.29, 0.717) is 37.9 Å². The van der Waals surface area contributed by atoms with Crippen LogP contribution in [-0.4, -0.2) is 104 Å². The molecule has 382 valence electrons. The molecule has 2 heterocycles. The van der Waals surface area contributed by atoms with E-state index in [9.17, 15) is 0 Å². The summed E-state index contributed by atoms with van der Waals surface area (Å²) in [5.41, 5.74) is 0. The van der Waals surface area contributed by atoms with E-state index in [1.54, 1.807) is 0 Å². The van der Waals surface area contributed by atoms with Gasteiger partial charge in [-0.3, -0.25) is 0 Å². The average molecular weight is 1010 g/mol. The van der Waals surface area contributed by atoms with Crippen molar-refractivity contribution in [3.63, 3.8) is 0 Å². The SMILES string of the molecule is CCCCCCCCCCCCCCCOCOC1CCC[SiH2]N(C(C)CCSSSSCCC(C)N2CCC(OCOCCCCCCCCCCCCCCC)CCC[SiH2]2)CC1. The van der Waals surface area contributed by atoms with Crippen molar-refractivity contribution in [1.29, 1.82) is 0 Å². The number of ether oxygens (including phenoxy) is 4. The first-order chi connectivity index (χ1) is 31.6. The summed E-state index contributed by atoms with van der Waals surface area (Å²) in [6.45, 7) is 14.7. The van der Waals surface area contributed by atoms with Gasteiger partial charge in [-0.15, -0.1) is 0 Å². The van der Waals surface area contributed by atoms with Crippen molar-refractivity contribution < 1.29 is 18.9 Å². The second-order valence-corrected chi connectivity index (χ2v) is 30.0. The zero-order chi connectivity index (χ0) is 45.6. The molecule has 0 N–H and O–H groups in total. The Labute approximate surface area is 419 Å². The van der Waals surface area contributed by atoms with E-state index in [1.165, 1.54) is 255 Å². The molecule has 0 aromatic rings. The predicted octanol–water partition coefficient (Wildman–Crippen LogP) is 16.1. The van der Waals surface area contributed by atoms with Gasteiger partial charge >= 0.3 is 0 Å². The second-order valence-electron chi connectivity index (χ2n) is 19.8. The van der Waals surface area contributed by atoms with E-state index in [-0.39, 0.29) is 19.4 Å². The fourth-order valence-electron chi connectivity index (χ4n) is 9.48. The number of unbranched alkanes of at least 4 members (excludes halogenated alkanes) is 24. The minimum absolute atomic E-state index is 0.135. The van der Waals surface area contributed by atoms with Gasteiger partial charge in [-0.25, -0.2) is 0 Å². The lowest BCUT2D eigenvalue weighted by Crippen LogP contribution is -2.40. The Bertz CT molecular complexity index is 884. The van der Waals surface area contributed by atoms with Crippen molar-refractivity contribution >= 4 is 60.6 Å². The summed E-state index contributed by atoms with van der Waals surface area (Å²) in [5.74, 6) is 2.50. The molecular weight excluding hydrogens is 901 g/mol. The van der Waals surface area contributed by atoms with Gasteiger partial charge in [0.25, 0.3) is 0 Å². The summed E-state index contributed by atoms with van der Waals surface area (Å²) >= 11 is 0. The van der Waals surface area contributed by atoms with Gasteiger partial charge in [-0.2, -0.15) is 0 Å². The van der Waals surface area contributed by atoms with E-state index in [1.807, 2.05) is 19.7 Å². The van der Waals surface area contributed by atoms with Crippen LogP contribution in [0, 0.1) is 0 Å². The van der Waals surface area contributed by atoms with E-state index < -0.39 is 0 Å². The molecule has 0 bridgehead atoms. The third-order valence-corrected chi connectivity index (χ3v) is 25.3. The highest BCUT2D eigenvalue weighted by molar-refractivity contribution is 9.26. The monoisotopic (exact) mass is 1010 g/mol. The summed E-state index contributed by atoms with van der Waals surface area (Å²) in [6, 6.07) is 4.27. The molecule has 0 saturated carbocycles. The Kier molecular flexibility index (Phi) is 46.5. The first-order valence-corrected chi connectivity index (χ1v) is 36.5. The van der Waals surface area contributed by atoms with Crippen molar-refractivity contribution in [2.75, 3.05) is 51.4 Å². The van der Waals surface area contributed by atoms with E-state index in [0.717, 1.165) is 13.2 Å². The molecule has 2 saturated heterocycles. The van der Waals surface area contributed by atoms with Gasteiger partial charge in [-0.1, -0.05) is 216 Å². The van der Waals surface area contributed by atoms with Crippen LogP contribution >= 0.6 is 41.2 Å². The molecule has 0 amide bonds. The molecule has 4 atom stereocenters. The van der Waals surface area contributed by atoms with E-state index in [2.05, 4.69) is 58.4 Å². The number of rotatable bonds is 45. The summed E-state index contributed by atoms with van der Waals surface area (Å²) in [7, 11) is 7.90. The van der Waals surface area contributed by atoms with Gasteiger partial charge in [0.15, 0.2) is 0 Å². The average Bonchev–Trinajstić information content (AvgIpc) is 3.28. The lowest BCUT2D eigenvalue weighted by atomic mass is 10.0. The van der Waals surface area contributed by atoms with Crippen molar-refractivity contribution in [3.8, 4) is 0 Å². The van der Waals surface area contributed by atoms with Crippen LogP contribution in [0.5, 0.6) is 0 Å². The van der Waals surface area contributed by atoms with Crippen molar-refractivity contribution in [1.82, 2.24) is 9.13 Å². The Morgan fingerprint density at radius 2 is 0.781 bits per heavy atom. The lowest BCUT2D eigenvalue weighted by Gasteiger charge is -2.33. The first-order valence-electron chi connectivity index (χ1n) is 28.1. The Morgan fingerprint density at radius 3 is 1.12 bits per heavy atom. The first kappa shape index (κ1) is 61.7. The molecule has 0 spiro atoms. The fourth-order valence-corrected chi connectivity index (χ4v) is 19.7. The van der Waals surface area contributed by atoms with Crippen LogP contribution in [0.4, 0.5) is 0 Å². The maximum absolute atomic E-state index is 6.26. The van der Waals surface area contributed by atoms with Crippen LogP contribution < -0.4 is 0 Å². The van der Waals surface area contributed by atoms with Gasteiger partial charge < -0.3 is 28.1 Å². The van der Waals surface area contributed by atoms with Crippen molar-refractivity contribution in [3.05, 3.63) is 0 Å². The topological polar surface area (TPSA) is 43.4 Å². The lowest BCUT2D eigenvalue weighted by molar-refractivity contribution is -0.0959. The molecule has 0 aromatic heterocycles. The predicted molar refractivity (Wildman–Crippen MR) is 299 cm³/mol. The maximum Gasteiger partial charge on any atom is 0.147 e. The molecule has 64 heavy (non-hydrogen) atoms. The van der Waals surface area contributed by atoms with Crippen LogP contribution in [0.3, 0.4) is 0 Å². The van der Waals surface area contributed by atoms with Crippen LogP contribution in [-0.2, 0) is 18.9 Å². The number of nitrogens with zero attached hydrogens (tertiary/aromatic N) is 2. The van der Waals surface area contributed by atoms with Gasteiger partial charge in [0.2, 0.25) is 0 Å². The van der Waals surface area contributed by atoms with Crippen LogP contribution in [0.15, 0.2) is 0 Å². The molecule has 2 aliphatic rings. The normalized spacial score (nSPS) is 20.1. The second kappa shape index (κ2) is 48.2. The minimum Gasteiger partial charge on any atom is -0.355 e. The minimum atomic E-state index is -0.135. The van der Waals surface area contributed by atoms with Gasteiger partial charge in [0, 0.05) is 36.8 Å². The summed E-state index contributed by atoms with van der Waals surface area (Å²) in [5, 5.41) is 0. The molecule has 0 radical (unpaired) electrons. The highest BCUT2D eigenvalue weighted by Gasteiger charge is 2.21. The molecule has 12 heteroatoms. The third-order valence-electron chi connectivity index (χ3n) is 14.1. The van der Waals surface area contributed by atoms with Gasteiger partial charge in [0.05, 0.1) is 31.6 Å². The standard InChI is InChI=1S/C52H108N2O4S4Si2/c1-5-7-9-11-13-15-17-19-21-23-25-27-29-41-55-47-57-51-33-31-45-63-53(39-35-51)49(3)37-43-59-61-62-60-44-38-50(4)54-40-36-52(34-32-46-64-54)58-48-56-42-30-28-26-24-22-20-18-16-14-12-10-8-6-2/h49-52H,5-48,63-64H2,1-4H3. The zero-order valence-electron chi connectivity index (χ0n) is 43.0. The van der Waals surface area contributed by atoms with Crippen molar-refractivity contribution in [2.24, 2.45) is 0 Å². The van der Waals surface area contributed by atoms with Gasteiger partial charge in [-0.05, 0) is 96.2 Å². The Hall–Kier alpha value is 1.59. The summed E-state index contributed by atoms with van der Waals surface area (Å²) in [6.07, 6.45) is 47.1. The molecule has 4 unspecified atom stereocenters. The van der Waals surface area contributed by atoms with Crippen LogP contribution in [0.1, 0.15) is 246 Å².